The topological polar surface area (TPSA) is 43.8 Å². The number of hydrogen-bond donors (Lipinski definition) is 1. The summed E-state index contributed by atoms with van der Waals surface area (Å²) >= 11 is 3.38. The second-order valence-electron chi connectivity index (χ2n) is 5.13. The van der Waals surface area contributed by atoms with E-state index in [-0.39, 0.29) is 12.4 Å². The van der Waals surface area contributed by atoms with Crippen LogP contribution in [0.5, 0.6) is 0 Å². The SMILES string of the molecule is O=C(CN1CCCN(CCO)CC1)c1ccc(Br)cc1. The Hall–Kier alpha value is -0.750. The Bertz CT molecular complexity index is 436. The van der Waals surface area contributed by atoms with Gasteiger partial charge in [-0.25, -0.2) is 0 Å². The van der Waals surface area contributed by atoms with Crippen LogP contribution in [0.4, 0.5) is 0 Å². The van der Waals surface area contributed by atoms with E-state index in [0.717, 1.165) is 49.2 Å². The number of benzene rings is 1. The second kappa shape index (κ2) is 7.88. The zero-order valence-corrected chi connectivity index (χ0v) is 13.2. The van der Waals surface area contributed by atoms with Crippen molar-refractivity contribution in [3.05, 3.63) is 34.3 Å². The summed E-state index contributed by atoms with van der Waals surface area (Å²) in [5.41, 5.74) is 0.768. The molecule has 0 radical (unpaired) electrons. The minimum absolute atomic E-state index is 0.174. The molecule has 1 aromatic carbocycles. The first-order chi connectivity index (χ1) is 9.69. The lowest BCUT2D eigenvalue weighted by molar-refractivity contribution is 0.0932. The van der Waals surface area contributed by atoms with Gasteiger partial charge in [-0.2, -0.15) is 0 Å². The Kier molecular flexibility index (Phi) is 6.16. The molecule has 4 nitrogen and oxygen atoms in total. The normalized spacial score (nSPS) is 17.9. The van der Waals surface area contributed by atoms with Crippen molar-refractivity contribution in [1.82, 2.24) is 9.80 Å². The second-order valence-corrected chi connectivity index (χ2v) is 6.04. The Labute approximate surface area is 128 Å². The number of ketones is 1. The van der Waals surface area contributed by atoms with Gasteiger partial charge in [0.05, 0.1) is 13.2 Å². The number of carbonyl (C=O) groups excluding carboxylic acids is 1. The van der Waals surface area contributed by atoms with Gasteiger partial charge < -0.3 is 5.11 Å². The highest BCUT2D eigenvalue weighted by molar-refractivity contribution is 9.10. The first-order valence-corrected chi connectivity index (χ1v) is 7.82. The van der Waals surface area contributed by atoms with E-state index in [1.807, 2.05) is 24.3 Å². The Balaban J connectivity index is 1.86. The highest BCUT2D eigenvalue weighted by Gasteiger charge is 2.17. The van der Waals surface area contributed by atoms with Crippen molar-refractivity contribution in [1.29, 1.82) is 0 Å². The molecule has 110 valence electrons. The maximum Gasteiger partial charge on any atom is 0.176 e. The molecule has 0 amide bonds. The third kappa shape index (κ3) is 4.66. The molecule has 1 saturated heterocycles. The first-order valence-electron chi connectivity index (χ1n) is 7.03. The molecule has 2 rings (SSSR count). The lowest BCUT2D eigenvalue weighted by Gasteiger charge is -2.20. The zero-order chi connectivity index (χ0) is 14.4. The van der Waals surface area contributed by atoms with Crippen LogP contribution in [-0.2, 0) is 0 Å². The minimum atomic E-state index is 0.174. The maximum atomic E-state index is 12.2. The monoisotopic (exact) mass is 340 g/mol. The van der Waals surface area contributed by atoms with Crippen LogP contribution in [0.2, 0.25) is 0 Å². The maximum absolute atomic E-state index is 12.2. The van der Waals surface area contributed by atoms with E-state index in [4.69, 9.17) is 5.11 Å². The Morgan fingerprint density at radius 3 is 2.45 bits per heavy atom. The predicted octanol–water partition coefficient (Wildman–Crippen LogP) is 1.63. The van der Waals surface area contributed by atoms with E-state index in [9.17, 15) is 4.79 Å². The number of β-amino-alcohol motifs (C(OH)–C–C–N with tert-alkyl or cyclic N) is 1. The standard InChI is InChI=1S/C15H21BrN2O2/c16-14-4-2-13(3-5-14)15(20)12-18-7-1-6-17(8-9-18)10-11-19/h2-5,19H,1,6-12H2. The van der Waals surface area contributed by atoms with Gasteiger partial charge in [-0.15, -0.1) is 0 Å². The quantitative estimate of drug-likeness (QED) is 0.827. The molecule has 1 N–H and O–H groups in total. The van der Waals surface area contributed by atoms with Gasteiger partial charge in [0, 0.05) is 29.7 Å². The Morgan fingerprint density at radius 1 is 1.10 bits per heavy atom. The smallest absolute Gasteiger partial charge is 0.176 e. The summed E-state index contributed by atoms with van der Waals surface area (Å²) in [4.78, 5) is 16.7. The van der Waals surface area contributed by atoms with Crippen molar-refractivity contribution in [2.24, 2.45) is 0 Å². The summed E-state index contributed by atoms with van der Waals surface area (Å²) in [5.74, 6) is 0.174. The van der Waals surface area contributed by atoms with Crippen LogP contribution in [0.25, 0.3) is 0 Å². The van der Waals surface area contributed by atoms with Crippen LogP contribution < -0.4 is 0 Å². The summed E-state index contributed by atoms with van der Waals surface area (Å²) in [6.45, 7) is 5.19. The van der Waals surface area contributed by atoms with E-state index in [2.05, 4.69) is 25.7 Å². The average molecular weight is 341 g/mol. The summed E-state index contributed by atoms with van der Waals surface area (Å²) in [5, 5.41) is 8.98. The molecule has 0 aromatic heterocycles. The van der Waals surface area contributed by atoms with Crippen LogP contribution in [0, 0.1) is 0 Å². The van der Waals surface area contributed by atoms with Gasteiger partial charge >= 0.3 is 0 Å². The van der Waals surface area contributed by atoms with Crippen molar-refractivity contribution < 1.29 is 9.90 Å². The molecule has 0 spiro atoms. The summed E-state index contributed by atoms with van der Waals surface area (Å²) in [6.07, 6.45) is 1.05. The molecule has 1 heterocycles. The molecule has 0 saturated carbocycles. The highest BCUT2D eigenvalue weighted by Crippen LogP contribution is 2.12. The predicted molar refractivity (Wildman–Crippen MR) is 83.1 cm³/mol. The summed E-state index contributed by atoms with van der Waals surface area (Å²) < 4.78 is 0.989. The van der Waals surface area contributed by atoms with E-state index in [0.29, 0.717) is 6.54 Å². The third-order valence-corrected chi connectivity index (χ3v) is 4.16. The third-order valence-electron chi connectivity index (χ3n) is 3.63. The van der Waals surface area contributed by atoms with Crippen LogP contribution in [0.15, 0.2) is 28.7 Å². The summed E-state index contributed by atoms with van der Waals surface area (Å²) in [7, 11) is 0. The molecule has 5 heteroatoms. The highest BCUT2D eigenvalue weighted by atomic mass is 79.9. The van der Waals surface area contributed by atoms with Crippen LogP contribution >= 0.6 is 15.9 Å². The molecule has 1 aliphatic heterocycles. The lowest BCUT2D eigenvalue weighted by Crippen LogP contribution is -2.35. The van der Waals surface area contributed by atoms with Crippen LogP contribution in [0.1, 0.15) is 16.8 Å². The number of rotatable bonds is 5. The number of hydrogen-bond acceptors (Lipinski definition) is 4. The van der Waals surface area contributed by atoms with Crippen LogP contribution in [0.3, 0.4) is 0 Å². The van der Waals surface area contributed by atoms with Crippen molar-refractivity contribution in [3.8, 4) is 0 Å². The first kappa shape index (κ1) is 15.6. The molecular weight excluding hydrogens is 320 g/mol. The molecule has 0 aliphatic carbocycles. The largest absolute Gasteiger partial charge is 0.395 e. The average Bonchev–Trinajstić information content (AvgIpc) is 2.66. The van der Waals surface area contributed by atoms with Gasteiger partial charge in [0.2, 0.25) is 0 Å². The van der Waals surface area contributed by atoms with E-state index < -0.39 is 0 Å². The minimum Gasteiger partial charge on any atom is -0.395 e. The Morgan fingerprint density at radius 2 is 1.75 bits per heavy atom. The van der Waals surface area contributed by atoms with Crippen molar-refractivity contribution in [3.63, 3.8) is 0 Å². The molecule has 0 bridgehead atoms. The fourth-order valence-corrected chi connectivity index (χ4v) is 2.74. The number of Topliss-reactive ketones (excluding diaryl/α,β-unsaturated/α-hetero) is 1. The van der Waals surface area contributed by atoms with Crippen molar-refractivity contribution in [2.45, 2.75) is 6.42 Å². The van der Waals surface area contributed by atoms with E-state index in [1.165, 1.54) is 0 Å². The molecule has 20 heavy (non-hydrogen) atoms. The molecule has 1 aromatic rings. The van der Waals surface area contributed by atoms with Gasteiger partial charge in [-0.1, -0.05) is 28.1 Å². The number of nitrogens with zero attached hydrogens (tertiary/aromatic N) is 2. The fraction of sp³-hybridized carbons (Fsp3) is 0.533. The number of aliphatic hydroxyl groups excluding tert-OH is 1. The van der Waals surface area contributed by atoms with Gasteiger partial charge in [0.15, 0.2) is 5.78 Å². The van der Waals surface area contributed by atoms with Gasteiger partial charge in [-0.3, -0.25) is 14.6 Å². The van der Waals surface area contributed by atoms with Crippen molar-refractivity contribution in [2.75, 3.05) is 45.9 Å². The number of carbonyl (C=O) groups is 1. The van der Waals surface area contributed by atoms with Crippen molar-refractivity contribution >= 4 is 21.7 Å². The number of aliphatic hydroxyl groups is 1. The fourth-order valence-electron chi connectivity index (χ4n) is 2.48. The molecule has 0 atom stereocenters. The number of halogens is 1. The molecule has 1 aliphatic rings. The zero-order valence-electron chi connectivity index (χ0n) is 11.6. The molecule has 1 fully saturated rings. The van der Waals surface area contributed by atoms with Gasteiger partial charge in [0.25, 0.3) is 0 Å². The summed E-state index contributed by atoms with van der Waals surface area (Å²) in [6, 6.07) is 7.53. The van der Waals surface area contributed by atoms with Gasteiger partial charge in [0.1, 0.15) is 0 Å². The van der Waals surface area contributed by atoms with E-state index in [1.54, 1.807) is 0 Å². The van der Waals surface area contributed by atoms with Gasteiger partial charge in [-0.05, 0) is 31.6 Å². The lowest BCUT2D eigenvalue weighted by atomic mass is 10.1. The van der Waals surface area contributed by atoms with Crippen LogP contribution in [-0.4, -0.2) is 66.6 Å². The molecular formula is C15H21BrN2O2. The van der Waals surface area contributed by atoms with E-state index >= 15 is 0 Å². The molecule has 0 unspecified atom stereocenters.